The van der Waals surface area contributed by atoms with Gasteiger partial charge in [0.2, 0.25) is 17.7 Å². The Bertz CT molecular complexity index is 629. The molecular formula is C20H37N5O6. The minimum absolute atomic E-state index is 0.0331. The van der Waals surface area contributed by atoms with Gasteiger partial charge in [-0.2, -0.15) is 0 Å². The minimum atomic E-state index is -1.46. The van der Waals surface area contributed by atoms with Gasteiger partial charge in [0.25, 0.3) is 0 Å². The molecule has 0 aromatic heterocycles. The maximum absolute atomic E-state index is 12.9. The number of amides is 3. The Kier molecular flexibility index (Phi) is 11.4. The summed E-state index contributed by atoms with van der Waals surface area (Å²) in [5.41, 5.74) is 11.5. The Morgan fingerprint density at radius 3 is 2.35 bits per heavy atom. The van der Waals surface area contributed by atoms with Crippen molar-refractivity contribution >= 4 is 23.7 Å². The summed E-state index contributed by atoms with van der Waals surface area (Å²) in [6.07, 6.45) is 3.34. The molecule has 1 rings (SSSR count). The number of aliphatic hydroxyl groups excluding tert-OH is 1. The highest BCUT2D eigenvalue weighted by Gasteiger charge is 2.37. The van der Waals surface area contributed by atoms with Crippen molar-refractivity contribution in [1.29, 1.82) is 0 Å². The van der Waals surface area contributed by atoms with E-state index in [1.165, 1.54) is 4.90 Å². The highest BCUT2D eigenvalue weighted by Crippen LogP contribution is 2.20. The van der Waals surface area contributed by atoms with E-state index in [1.807, 2.05) is 13.8 Å². The van der Waals surface area contributed by atoms with E-state index in [2.05, 4.69) is 10.6 Å². The number of aliphatic hydroxyl groups is 1. The Morgan fingerprint density at radius 1 is 1.13 bits per heavy atom. The van der Waals surface area contributed by atoms with Gasteiger partial charge in [0.15, 0.2) is 0 Å². The Morgan fingerprint density at radius 2 is 1.81 bits per heavy atom. The average molecular weight is 444 g/mol. The summed E-state index contributed by atoms with van der Waals surface area (Å²) in [7, 11) is 0. The monoisotopic (exact) mass is 443 g/mol. The van der Waals surface area contributed by atoms with Gasteiger partial charge in [0, 0.05) is 6.54 Å². The van der Waals surface area contributed by atoms with E-state index in [0.29, 0.717) is 32.4 Å². The molecule has 4 unspecified atom stereocenters. The second kappa shape index (κ2) is 13.2. The van der Waals surface area contributed by atoms with Crippen LogP contribution in [0.15, 0.2) is 0 Å². The number of carbonyl (C=O) groups is 4. The van der Waals surface area contributed by atoms with Crippen LogP contribution in [0.3, 0.4) is 0 Å². The third-order valence-corrected chi connectivity index (χ3v) is 5.26. The van der Waals surface area contributed by atoms with E-state index in [1.54, 1.807) is 0 Å². The third kappa shape index (κ3) is 8.42. The first-order chi connectivity index (χ1) is 14.6. The number of unbranched alkanes of at least 4 members (excludes halogenated alkanes) is 1. The van der Waals surface area contributed by atoms with Crippen molar-refractivity contribution in [1.82, 2.24) is 15.5 Å². The quantitative estimate of drug-likeness (QED) is 0.186. The average Bonchev–Trinajstić information content (AvgIpc) is 3.20. The normalized spacial score (nSPS) is 19.0. The van der Waals surface area contributed by atoms with Gasteiger partial charge >= 0.3 is 5.97 Å². The number of hydrogen-bond acceptors (Lipinski definition) is 7. The zero-order valence-electron chi connectivity index (χ0n) is 18.4. The van der Waals surface area contributed by atoms with Gasteiger partial charge in [0.1, 0.15) is 18.1 Å². The van der Waals surface area contributed by atoms with Gasteiger partial charge in [-0.15, -0.1) is 0 Å². The second-order valence-electron chi connectivity index (χ2n) is 8.35. The maximum Gasteiger partial charge on any atom is 0.328 e. The van der Waals surface area contributed by atoms with Crippen LogP contribution < -0.4 is 22.1 Å². The molecule has 11 nitrogen and oxygen atoms in total. The summed E-state index contributed by atoms with van der Waals surface area (Å²) in [6.45, 7) is 3.89. The van der Waals surface area contributed by atoms with Crippen molar-refractivity contribution < 1.29 is 29.4 Å². The highest BCUT2D eigenvalue weighted by atomic mass is 16.4. The Balaban J connectivity index is 2.82. The van der Waals surface area contributed by atoms with Crippen LogP contribution in [0.2, 0.25) is 0 Å². The number of carboxylic acids is 1. The number of nitrogens with zero attached hydrogens (tertiary/aromatic N) is 1. The minimum Gasteiger partial charge on any atom is -0.480 e. The number of nitrogens with two attached hydrogens (primary N) is 2. The van der Waals surface area contributed by atoms with E-state index in [0.717, 1.165) is 12.8 Å². The summed E-state index contributed by atoms with van der Waals surface area (Å²) in [5, 5.41) is 23.1. The molecule has 31 heavy (non-hydrogen) atoms. The summed E-state index contributed by atoms with van der Waals surface area (Å²) in [4.78, 5) is 50.8. The number of rotatable bonds is 13. The molecule has 0 aromatic rings. The van der Waals surface area contributed by atoms with Crippen LogP contribution in [0.1, 0.15) is 52.4 Å². The molecule has 0 bridgehead atoms. The van der Waals surface area contributed by atoms with Gasteiger partial charge in [-0.25, -0.2) is 4.79 Å². The molecule has 11 heteroatoms. The summed E-state index contributed by atoms with van der Waals surface area (Å²) >= 11 is 0. The first-order valence-corrected chi connectivity index (χ1v) is 10.8. The van der Waals surface area contributed by atoms with Gasteiger partial charge in [0.05, 0.1) is 12.6 Å². The molecule has 0 spiro atoms. The van der Waals surface area contributed by atoms with Crippen LogP contribution in [0.25, 0.3) is 0 Å². The molecule has 1 fully saturated rings. The number of hydrogen-bond donors (Lipinski definition) is 6. The van der Waals surface area contributed by atoms with Gasteiger partial charge in [-0.05, 0) is 44.6 Å². The fourth-order valence-corrected chi connectivity index (χ4v) is 3.58. The van der Waals surface area contributed by atoms with Crippen molar-refractivity contribution in [3.8, 4) is 0 Å². The molecule has 0 aromatic carbocycles. The molecule has 1 heterocycles. The van der Waals surface area contributed by atoms with Crippen molar-refractivity contribution in [2.75, 3.05) is 19.7 Å². The third-order valence-electron chi connectivity index (χ3n) is 5.26. The molecule has 1 aliphatic rings. The van der Waals surface area contributed by atoms with E-state index >= 15 is 0 Å². The smallest absolute Gasteiger partial charge is 0.328 e. The SMILES string of the molecule is CC(C)CC(NC(=O)C1CCCN1C(=O)C(N)CCCCN)C(=O)NC(CO)C(=O)O. The zero-order valence-corrected chi connectivity index (χ0v) is 18.4. The summed E-state index contributed by atoms with van der Waals surface area (Å²) in [6, 6.07) is -3.90. The Labute approximate surface area is 182 Å². The fourth-order valence-electron chi connectivity index (χ4n) is 3.58. The lowest BCUT2D eigenvalue weighted by Crippen LogP contribution is -2.57. The number of aliphatic carboxylic acids is 1. The Hall–Kier alpha value is -2.24. The van der Waals surface area contributed by atoms with Crippen molar-refractivity contribution in [2.45, 2.75) is 76.5 Å². The highest BCUT2D eigenvalue weighted by molar-refractivity contribution is 5.94. The number of likely N-dealkylation sites (tertiary alicyclic amines) is 1. The van der Waals surface area contributed by atoms with E-state index in [4.69, 9.17) is 21.7 Å². The van der Waals surface area contributed by atoms with Crippen molar-refractivity contribution in [3.63, 3.8) is 0 Å². The van der Waals surface area contributed by atoms with Crippen LogP contribution >= 0.6 is 0 Å². The molecule has 178 valence electrons. The molecule has 4 atom stereocenters. The fraction of sp³-hybridized carbons (Fsp3) is 0.800. The topological polar surface area (TPSA) is 188 Å². The van der Waals surface area contributed by atoms with Crippen LogP contribution in [-0.2, 0) is 19.2 Å². The predicted molar refractivity (Wildman–Crippen MR) is 114 cm³/mol. The first-order valence-electron chi connectivity index (χ1n) is 10.8. The molecule has 1 saturated heterocycles. The van der Waals surface area contributed by atoms with E-state index in [9.17, 15) is 19.2 Å². The van der Waals surface area contributed by atoms with Crippen molar-refractivity contribution in [2.24, 2.45) is 17.4 Å². The maximum atomic E-state index is 12.9. The summed E-state index contributed by atoms with van der Waals surface area (Å²) in [5.74, 6) is -2.81. The molecule has 3 amide bonds. The first kappa shape index (κ1) is 26.8. The number of carboxylic acid groups (broad SMARTS) is 1. The second-order valence-corrected chi connectivity index (χ2v) is 8.35. The standard InChI is InChI=1S/C20H37N5O6/c1-12(2)10-14(17(27)24-15(11-26)20(30)31)23-18(28)16-7-5-9-25(16)19(29)13(22)6-3-4-8-21/h12-16,26H,3-11,21-22H2,1-2H3,(H,23,28)(H,24,27)(H,30,31). The lowest BCUT2D eigenvalue weighted by atomic mass is 10.0. The van der Waals surface area contributed by atoms with Crippen LogP contribution in [-0.4, -0.2) is 82.7 Å². The lowest BCUT2D eigenvalue weighted by Gasteiger charge is -2.29. The molecule has 8 N–H and O–H groups in total. The predicted octanol–water partition coefficient (Wildman–Crippen LogP) is -1.47. The van der Waals surface area contributed by atoms with Crippen molar-refractivity contribution in [3.05, 3.63) is 0 Å². The molecule has 1 aliphatic heterocycles. The van der Waals surface area contributed by atoms with Gasteiger partial charge < -0.3 is 37.2 Å². The molecule has 0 saturated carbocycles. The summed E-state index contributed by atoms with van der Waals surface area (Å²) < 4.78 is 0. The largest absolute Gasteiger partial charge is 0.480 e. The molecule has 0 radical (unpaired) electrons. The van der Waals surface area contributed by atoms with E-state index < -0.39 is 48.6 Å². The lowest BCUT2D eigenvalue weighted by molar-refractivity contribution is -0.144. The number of carbonyl (C=O) groups excluding carboxylic acids is 3. The molecular weight excluding hydrogens is 406 g/mol. The zero-order chi connectivity index (χ0) is 23.6. The van der Waals surface area contributed by atoms with Crippen LogP contribution in [0.5, 0.6) is 0 Å². The van der Waals surface area contributed by atoms with Crippen LogP contribution in [0.4, 0.5) is 0 Å². The molecule has 0 aliphatic carbocycles. The van der Waals surface area contributed by atoms with Gasteiger partial charge in [-0.1, -0.05) is 20.3 Å². The van der Waals surface area contributed by atoms with Gasteiger partial charge in [-0.3, -0.25) is 14.4 Å². The van der Waals surface area contributed by atoms with Crippen LogP contribution in [0, 0.1) is 5.92 Å². The van der Waals surface area contributed by atoms with E-state index in [-0.39, 0.29) is 18.2 Å². The number of nitrogens with one attached hydrogen (secondary N) is 2.